The fourth-order valence-electron chi connectivity index (χ4n) is 10.9. The van der Waals surface area contributed by atoms with E-state index in [0.29, 0.717) is 57.5 Å². The lowest BCUT2D eigenvalue weighted by Gasteiger charge is -2.44. The quantitative estimate of drug-likeness (QED) is 0.0360. The fourth-order valence-corrected chi connectivity index (χ4v) is 10.9. The second-order valence-corrected chi connectivity index (χ2v) is 22.9. The molecule has 1 saturated heterocycles. The van der Waals surface area contributed by atoms with E-state index in [2.05, 4.69) is 27.7 Å². The summed E-state index contributed by atoms with van der Waals surface area (Å²) in [6.07, 6.45) is 44.0. The predicted molar refractivity (Wildman–Crippen MR) is 304 cm³/mol. The van der Waals surface area contributed by atoms with Gasteiger partial charge in [-0.1, -0.05) is 244 Å². The molecule has 426 valence electrons. The summed E-state index contributed by atoms with van der Waals surface area (Å²) in [5, 5.41) is 0. The van der Waals surface area contributed by atoms with Crippen molar-refractivity contribution in [2.75, 3.05) is 32.8 Å². The Kier molecular flexibility index (Phi) is 38.4. The molecule has 1 aromatic carbocycles. The first-order valence-corrected chi connectivity index (χ1v) is 31.5. The van der Waals surface area contributed by atoms with Crippen molar-refractivity contribution in [3.63, 3.8) is 0 Å². The van der Waals surface area contributed by atoms with E-state index >= 15 is 0 Å². The van der Waals surface area contributed by atoms with Crippen molar-refractivity contribution in [3.8, 4) is 0 Å². The van der Waals surface area contributed by atoms with Gasteiger partial charge in [0.25, 0.3) is 0 Å². The lowest BCUT2D eigenvalue weighted by Crippen LogP contribution is -2.57. The predicted octanol–water partition coefficient (Wildman–Crippen LogP) is 18.1. The third-order valence-corrected chi connectivity index (χ3v) is 16.0. The zero-order valence-electron chi connectivity index (χ0n) is 48.3. The van der Waals surface area contributed by atoms with Gasteiger partial charge in [-0.25, -0.2) is 9.59 Å². The Morgan fingerprint density at radius 1 is 0.514 bits per heavy atom. The standard InChI is InChI=1S/C64H112N2O8/c1-5-9-13-17-21-26-33-39-55(40-34-27-22-18-14-10-6-2)52-71-61(67)45-37-28-23-29-38-46-66(64(70)74-60-50-65(51-60)63(69)73-54-57-43-35-30-36-44-57)59-47-58(48-59)49-62(68)72-53-56(41-31-24-19-15-11-7-3)42-32-25-20-16-12-8-4/h30,35-36,43-44,55-56,58-60H,5-29,31-34,37-42,45-54H2,1-4H3. The third-order valence-electron chi connectivity index (χ3n) is 16.0. The van der Waals surface area contributed by atoms with E-state index < -0.39 is 6.09 Å². The number of esters is 2. The molecule has 2 amide bonds. The molecule has 0 atom stereocenters. The lowest BCUT2D eigenvalue weighted by atomic mass is 9.77. The highest BCUT2D eigenvalue weighted by Crippen LogP contribution is 2.36. The normalized spacial score (nSPS) is 15.5. The van der Waals surface area contributed by atoms with Gasteiger partial charge < -0.3 is 28.7 Å². The number of hydrogen-bond acceptors (Lipinski definition) is 8. The summed E-state index contributed by atoms with van der Waals surface area (Å²) in [5.74, 6) is 0.924. The van der Waals surface area contributed by atoms with Crippen molar-refractivity contribution >= 4 is 24.1 Å². The summed E-state index contributed by atoms with van der Waals surface area (Å²) in [6, 6.07) is 9.61. The topological polar surface area (TPSA) is 112 Å². The Morgan fingerprint density at radius 2 is 0.932 bits per heavy atom. The van der Waals surface area contributed by atoms with E-state index in [1.54, 1.807) is 4.90 Å². The molecular weight excluding hydrogens is 925 g/mol. The van der Waals surface area contributed by atoms with Gasteiger partial charge in [0, 0.05) is 25.4 Å². The molecule has 10 heteroatoms. The van der Waals surface area contributed by atoms with Crippen LogP contribution in [0.25, 0.3) is 0 Å². The molecule has 2 fully saturated rings. The molecule has 10 nitrogen and oxygen atoms in total. The minimum Gasteiger partial charge on any atom is -0.465 e. The molecule has 74 heavy (non-hydrogen) atoms. The number of carbonyl (C=O) groups excluding carboxylic acids is 4. The van der Waals surface area contributed by atoms with Crippen molar-refractivity contribution in [2.24, 2.45) is 17.8 Å². The number of likely N-dealkylation sites (tertiary alicyclic amines) is 1. The molecule has 0 aromatic heterocycles. The summed E-state index contributed by atoms with van der Waals surface area (Å²) >= 11 is 0. The van der Waals surface area contributed by atoms with Gasteiger partial charge in [0.05, 0.1) is 26.3 Å². The number of hydrogen-bond donors (Lipinski definition) is 0. The van der Waals surface area contributed by atoms with Crippen LogP contribution in [0.1, 0.15) is 284 Å². The average molecular weight is 1040 g/mol. The Hall–Kier alpha value is -3.30. The largest absolute Gasteiger partial charge is 0.465 e. The van der Waals surface area contributed by atoms with Gasteiger partial charge in [-0.2, -0.15) is 0 Å². The summed E-state index contributed by atoms with van der Waals surface area (Å²) < 4.78 is 23.4. The van der Waals surface area contributed by atoms with Crippen LogP contribution in [-0.4, -0.2) is 78.9 Å². The molecule has 1 aliphatic heterocycles. The zero-order chi connectivity index (χ0) is 53.1. The molecule has 1 aliphatic carbocycles. The molecule has 0 unspecified atom stereocenters. The van der Waals surface area contributed by atoms with Crippen molar-refractivity contribution in [1.29, 1.82) is 0 Å². The summed E-state index contributed by atoms with van der Waals surface area (Å²) in [5.41, 5.74) is 0.924. The van der Waals surface area contributed by atoms with Crippen molar-refractivity contribution < 1.29 is 38.1 Å². The number of unbranched alkanes of at least 4 members (excludes halogenated alkanes) is 26. The maximum Gasteiger partial charge on any atom is 0.410 e. The second-order valence-electron chi connectivity index (χ2n) is 22.9. The fraction of sp³-hybridized carbons (Fsp3) is 0.844. The van der Waals surface area contributed by atoms with Crippen LogP contribution >= 0.6 is 0 Å². The molecule has 1 heterocycles. The number of rotatable bonds is 48. The van der Waals surface area contributed by atoms with Crippen LogP contribution in [-0.2, 0) is 35.1 Å². The first-order valence-electron chi connectivity index (χ1n) is 31.5. The lowest BCUT2D eigenvalue weighted by molar-refractivity contribution is -0.148. The van der Waals surface area contributed by atoms with Gasteiger partial charge in [0.15, 0.2) is 0 Å². The maximum absolute atomic E-state index is 13.8. The Morgan fingerprint density at radius 3 is 1.41 bits per heavy atom. The first kappa shape index (κ1) is 65.0. The van der Waals surface area contributed by atoms with E-state index in [1.807, 2.05) is 35.2 Å². The monoisotopic (exact) mass is 1040 g/mol. The van der Waals surface area contributed by atoms with Gasteiger partial charge >= 0.3 is 24.1 Å². The Labute approximate surface area is 453 Å². The SMILES string of the molecule is CCCCCCCCCC(CCCCCCCCC)COC(=O)CCCCCCCN(C(=O)OC1CN(C(=O)OCc2ccccc2)C1)C1CC(CC(=O)OCC(CCCCCCCC)CCCCCCCC)C1. The van der Waals surface area contributed by atoms with Gasteiger partial charge in [0.1, 0.15) is 12.7 Å². The van der Waals surface area contributed by atoms with Gasteiger partial charge in [-0.15, -0.1) is 0 Å². The Balaban J connectivity index is 1.43. The molecule has 0 bridgehead atoms. The minimum atomic E-state index is -0.405. The Bertz CT molecular complexity index is 1500. The van der Waals surface area contributed by atoms with Crippen molar-refractivity contribution in [2.45, 2.75) is 297 Å². The van der Waals surface area contributed by atoms with Crippen molar-refractivity contribution in [1.82, 2.24) is 9.80 Å². The van der Waals surface area contributed by atoms with E-state index in [1.165, 1.54) is 167 Å². The number of amides is 2. The van der Waals surface area contributed by atoms with E-state index in [4.69, 9.17) is 18.9 Å². The summed E-state index contributed by atoms with van der Waals surface area (Å²) in [6.45, 7) is 11.5. The zero-order valence-corrected chi connectivity index (χ0v) is 48.3. The second kappa shape index (κ2) is 43.8. The van der Waals surface area contributed by atoms with Crippen LogP contribution in [0.3, 0.4) is 0 Å². The highest BCUT2D eigenvalue weighted by Gasteiger charge is 2.41. The molecule has 0 radical (unpaired) electrons. The van der Waals surface area contributed by atoms with Crippen LogP contribution in [0.15, 0.2) is 30.3 Å². The van der Waals surface area contributed by atoms with Crippen LogP contribution in [0.2, 0.25) is 0 Å². The highest BCUT2D eigenvalue weighted by molar-refractivity contribution is 5.72. The smallest absolute Gasteiger partial charge is 0.410 e. The van der Waals surface area contributed by atoms with Crippen LogP contribution in [0.5, 0.6) is 0 Å². The average Bonchev–Trinajstić information content (AvgIpc) is 3.38. The first-order chi connectivity index (χ1) is 36.3. The molecule has 0 spiro atoms. The molecule has 1 saturated carbocycles. The van der Waals surface area contributed by atoms with E-state index in [0.717, 1.165) is 76.2 Å². The molecule has 1 aromatic rings. The van der Waals surface area contributed by atoms with E-state index in [-0.39, 0.29) is 42.7 Å². The number of nitrogens with zero attached hydrogens (tertiary/aromatic N) is 2. The number of benzene rings is 1. The third kappa shape index (κ3) is 31.7. The summed E-state index contributed by atoms with van der Waals surface area (Å²) in [4.78, 5) is 56.1. The summed E-state index contributed by atoms with van der Waals surface area (Å²) in [7, 11) is 0. The molecule has 0 N–H and O–H groups in total. The molecule has 3 rings (SSSR count). The van der Waals surface area contributed by atoms with Crippen LogP contribution in [0, 0.1) is 17.8 Å². The maximum atomic E-state index is 13.8. The van der Waals surface area contributed by atoms with Gasteiger partial charge in [-0.3, -0.25) is 9.59 Å². The minimum absolute atomic E-state index is 0.00988. The van der Waals surface area contributed by atoms with Gasteiger partial charge in [0.2, 0.25) is 0 Å². The molecular formula is C64H112N2O8. The number of ether oxygens (including phenoxy) is 4. The van der Waals surface area contributed by atoms with Gasteiger partial charge in [-0.05, 0) is 74.7 Å². The van der Waals surface area contributed by atoms with Crippen molar-refractivity contribution in [3.05, 3.63) is 35.9 Å². The molecule has 2 aliphatic rings. The van der Waals surface area contributed by atoms with E-state index in [9.17, 15) is 19.2 Å². The number of carbonyl (C=O) groups is 4. The van der Waals surface area contributed by atoms with Crippen LogP contribution < -0.4 is 0 Å². The highest BCUT2D eigenvalue weighted by atomic mass is 16.6. The van der Waals surface area contributed by atoms with Crippen LogP contribution in [0.4, 0.5) is 9.59 Å².